The van der Waals surface area contributed by atoms with Crippen LogP contribution in [0.5, 0.6) is 0 Å². The molecule has 0 radical (unpaired) electrons. The van der Waals surface area contributed by atoms with E-state index in [0.717, 1.165) is 28.9 Å². The summed E-state index contributed by atoms with van der Waals surface area (Å²) in [5.41, 5.74) is 4.56. The SMILES string of the molecule is CCc1ccccc1Cn1c(=S)[nH]c2cccnc21. The molecule has 0 bridgehead atoms. The number of aryl methyl sites for hydroxylation is 1. The van der Waals surface area contributed by atoms with E-state index in [1.807, 2.05) is 12.1 Å². The molecular formula is C15H15N3S. The second kappa shape index (κ2) is 4.97. The maximum Gasteiger partial charge on any atom is 0.179 e. The summed E-state index contributed by atoms with van der Waals surface area (Å²) in [6, 6.07) is 12.4. The van der Waals surface area contributed by atoms with Crippen LogP contribution in [0.25, 0.3) is 11.2 Å². The number of nitrogens with one attached hydrogen (secondary N) is 1. The van der Waals surface area contributed by atoms with Crippen LogP contribution in [-0.2, 0) is 13.0 Å². The Morgan fingerprint density at radius 1 is 1.16 bits per heavy atom. The highest BCUT2D eigenvalue weighted by Crippen LogP contribution is 2.16. The number of aromatic nitrogens is 3. The molecule has 1 N–H and O–H groups in total. The van der Waals surface area contributed by atoms with Gasteiger partial charge in [-0.2, -0.15) is 0 Å². The molecule has 0 amide bonds. The largest absolute Gasteiger partial charge is 0.329 e. The third-order valence-corrected chi connectivity index (χ3v) is 3.68. The number of hydrogen-bond donors (Lipinski definition) is 1. The van der Waals surface area contributed by atoms with Gasteiger partial charge in [-0.15, -0.1) is 0 Å². The van der Waals surface area contributed by atoms with Crippen LogP contribution < -0.4 is 0 Å². The predicted octanol–water partition coefficient (Wildman–Crippen LogP) is 3.70. The van der Waals surface area contributed by atoms with Gasteiger partial charge >= 0.3 is 0 Å². The quantitative estimate of drug-likeness (QED) is 0.735. The Labute approximate surface area is 116 Å². The zero-order valence-electron chi connectivity index (χ0n) is 10.8. The molecule has 3 aromatic rings. The van der Waals surface area contributed by atoms with Crippen molar-refractivity contribution >= 4 is 23.4 Å². The maximum atomic E-state index is 5.40. The first-order chi connectivity index (χ1) is 9.29. The molecule has 0 aliphatic heterocycles. The molecule has 2 aromatic heterocycles. The summed E-state index contributed by atoms with van der Waals surface area (Å²) in [6.45, 7) is 2.94. The average molecular weight is 269 g/mol. The molecule has 0 saturated heterocycles. The van der Waals surface area contributed by atoms with Crippen molar-refractivity contribution in [2.45, 2.75) is 19.9 Å². The van der Waals surface area contributed by atoms with Gasteiger partial charge in [0.05, 0.1) is 12.1 Å². The van der Waals surface area contributed by atoms with Crippen LogP contribution in [0.3, 0.4) is 0 Å². The second-order valence-corrected chi connectivity index (χ2v) is 4.90. The highest BCUT2D eigenvalue weighted by Gasteiger charge is 2.07. The third-order valence-electron chi connectivity index (χ3n) is 3.36. The third kappa shape index (κ3) is 2.19. The summed E-state index contributed by atoms with van der Waals surface area (Å²) < 4.78 is 2.78. The van der Waals surface area contributed by atoms with Crippen molar-refractivity contribution in [2.75, 3.05) is 0 Å². The molecule has 0 unspecified atom stereocenters. The van der Waals surface area contributed by atoms with E-state index in [-0.39, 0.29) is 0 Å². The minimum Gasteiger partial charge on any atom is -0.329 e. The van der Waals surface area contributed by atoms with Gasteiger partial charge in [0.15, 0.2) is 10.4 Å². The Kier molecular flexibility index (Phi) is 3.17. The molecule has 0 fully saturated rings. The standard InChI is InChI=1S/C15H15N3S/c1-2-11-6-3-4-7-12(11)10-18-14-13(17-15(18)19)8-5-9-16-14/h3-9H,2,10H2,1H3,(H,17,19). The van der Waals surface area contributed by atoms with Crippen LogP contribution in [0, 0.1) is 4.77 Å². The lowest BCUT2D eigenvalue weighted by Crippen LogP contribution is -2.03. The van der Waals surface area contributed by atoms with Gasteiger partial charge in [0.25, 0.3) is 0 Å². The maximum absolute atomic E-state index is 5.40. The first-order valence-corrected chi connectivity index (χ1v) is 6.80. The topological polar surface area (TPSA) is 33.6 Å². The van der Waals surface area contributed by atoms with Crippen molar-refractivity contribution in [3.05, 3.63) is 58.5 Å². The van der Waals surface area contributed by atoms with Crippen molar-refractivity contribution in [1.82, 2.24) is 14.5 Å². The number of imidazole rings is 1. The summed E-state index contributed by atoms with van der Waals surface area (Å²) in [5.74, 6) is 0. The minimum absolute atomic E-state index is 0.722. The van der Waals surface area contributed by atoms with Crippen molar-refractivity contribution in [1.29, 1.82) is 0 Å². The van der Waals surface area contributed by atoms with E-state index in [2.05, 4.69) is 45.7 Å². The van der Waals surface area contributed by atoms with Crippen molar-refractivity contribution < 1.29 is 0 Å². The van der Waals surface area contributed by atoms with E-state index >= 15 is 0 Å². The van der Waals surface area contributed by atoms with Gasteiger partial charge in [-0.05, 0) is 41.9 Å². The lowest BCUT2D eigenvalue weighted by atomic mass is 10.1. The van der Waals surface area contributed by atoms with Gasteiger partial charge in [0, 0.05) is 6.20 Å². The average Bonchev–Trinajstić information content (AvgIpc) is 2.76. The normalized spacial score (nSPS) is 11.0. The highest BCUT2D eigenvalue weighted by atomic mass is 32.1. The van der Waals surface area contributed by atoms with Gasteiger partial charge in [-0.1, -0.05) is 31.2 Å². The Balaban J connectivity index is 2.11. The Bertz CT molecular complexity index is 770. The lowest BCUT2D eigenvalue weighted by molar-refractivity contribution is 0.790. The number of rotatable bonds is 3. The van der Waals surface area contributed by atoms with Crippen LogP contribution in [-0.4, -0.2) is 14.5 Å². The summed E-state index contributed by atoms with van der Waals surface area (Å²) >= 11 is 5.40. The van der Waals surface area contributed by atoms with Crippen LogP contribution in [0.4, 0.5) is 0 Å². The molecule has 3 nitrogen and oxygen atoms in total. The molecule has 19 heavy (non-hydrogen) atoms. The number of nitrogens with zero attached hydrogens (tertiary/aromatic N) is 2. The van der Waals surface area contributed by atoms with Crippen LogP contribution in [0.15, 0.2) is 42.6 Å². The van der Waals surface area contributed by atoms with Gasteiger partial charge in [-0.3, -0.25) is 4.57 Å². The van der Waals surface area contributed by atoms with E-state index in [4.69, 9.17) is 12.2 Å². The van der Waals surface area contributed by atoms with Crippen molar-refractivity contribution in [2.24, 2.45) is 0 Å². The fourth-order valence-corrected chi connectivity index (χ4v) is 2.62. The van der Waals surface area contributed by atoms with E-state index in [0.29, 0.717) is 0 Å². The van der Waals surface area contributed by atoms with Crippen LogP contribution in [0.2, 0.25) is 0 Å². The second-order valence-electron chi connectivity index (χ2n) is 4.51. The molecular weight excluding hydrogens is 254 g/mol. The van der Waals surface area contributed by atoms with E-state index < -0.39 is 0 Å². The molecule has 96 valence electrons. The van der Waals surface area contributed by atoms with Gasteiger partial charge in [-0.25, -0.2) is 4.98 Å². The van der Waals surface area contributed by atoms with Gasteiger partial charge in [0.1, 0.15) is 0 Å². The zero-order valence-corrected chi connectivity index (χ0v) is 11.6. The fraction of sp³-hybridized carbons (Fsp3) is 0.200. The van der Waals surface area contributed by atoms with Crippen molar-refractivity contribution in [3.63, 3.8) is 0 Å². The number of aromatic amines is 1. The minimum atomic E-state index is 0.722. The Morgan fingerprint density at radius 3 is 2.74 bits per heavy atom. The number of benzene rings is 1. The number of fused-ring (bicyclic) bond motifs is 1. The monoisotopic (exact) mass is 269 g/mol. The van der Waals surface area contributed by atoms with Gasteiger partial charge < -0.3 is 4.98 Å². The van der Waals surface area contributed by atoms with E-state index in [9.17, 15) is 0 Å². The summed E-state index contributed by atoms with van der Waals surface area (Å²) in [4.78, 5) is 7.62. The Morgan fingerprint density at radius 2 is 1.95 bits per heavy atom. The first kappa shape index (κ1) is 12.1. The van der Waals surface area contributed by atoms with Crippen LogP contribution >= 0.6 is 12.2 Å². The number of H-pyrrole nitrogens is 1. The molecule has 0 atom stereocenters. The smallest absolute Gasteiger partial charge is 0.179 e. The Hall–Kier alpha value is -1.94. The van der Waals surface area contributed by atoms with E-state index in [1.165, 1.54) is 11.1 Å². The molecule has 2 heterocycles. The van der Waals surface area contributed by atoms with Gasteiger partial charge in [0.2, 0.25) is 0 Å². The lowest BCUT2D eigenvalue weighted by Gasteiger charge is -2.08. The summed E-state index contributed by atoms with van der Waals surface area (Å²) in [6.07, 6.45) is 2.83. The molecule has 4 heteroatoms. The molecule has 3 rings (SSSR count). The number of hydrogen-bond acceptors (Lipinski definition) is 2. The fourth-order valence-electron chi connectivity index (χ4n) is 2.36. The predicted molar refractivity (Wildman–Crippen MR) is 79.8 cm³/mol. The van der Waals surface area contributed by atoms with E-state index in [1.54, 1.807) is 6.20 Å². The summed E-state index contributed by atoms with van der Waals surface area (Å²) in [7, 11) is 0. The highest BCUT2D eigenvalue weighted by molar-refractivity contribution is 7.71. The van der Waals surface area contributed by atoms with Crippen LogP contribution in [0.1, 0.15) is 18.1 Å². The molecule has 0 aliphatic carbocycles. The molecule has 0 saturated carbocycles. The summed E-state index contributed by atoms with van der Waals surface area (Å²) in [5, 5.41) is 0. The van der Waals surface area contributed by atoms with Crippen molar-refractivity contribution in [3.8, 4) is 0 Å². The first-order valence-electron chi connectivity index (χ1n) is 6.40. The zero-order chi connectivity index (χ0) is 13.2. The molecule has 1 aromatic carbocycles. The molecule has 0 aliphatic rings. The molecule has 0 spiro atoms. The number of pyridine rings is 1.